The Bertz CT molecular complexity index is 1360. The summed E-state index contributed by atoms with van der Waals surface area (Å²) in [5, 5.41) is 0.170. The Kier molecular flexibility index (Phi) is 5.20. The number of aromatic nitrogens is 1. The first-order valence-corrected chi connectivity index (χ1v) is 11.2. The summed E-state index contributed by atoms with van der Waals surface area (Å²) in [6.45, 7) is 4.07. The van der Waals surface area contributed by atoms with Crippen molar-refractivity contribution in [3.63, 3.8) is 0 Å². The fraction of sp³-hybridized carbons (Fsp3) is 0.269. The number of hydrogen-bond acceptors (Lipinski definition) is 4. The number of nitrogens with zero attached hydrogens (tertiary/aromatic N) is 3. The third-order valence-corrected chi connectivity index (χ3v) is 6.60. The maximum absolute atomic E-state index is 14.9. The molecule has 1 aromatic heterocycles. The summed E-state index contributed by atoms with van der Waals surface area (Å²) in [5.41, 5.74) is 0.154. The van der Waals surface area contributed by atoms with E-state index < -0.39 is 17.3 Å². The van der Waals surface area contributed by atoms with Gasteiger partial charge in [-0.1, -0.05) is 23.7 Å². The van der Waals surface area contributed by atoms with Crippen molar-refractivity contribution in [1.29, 1.82) is 0 Å². The molecule has 5 rings (SSSR count). The molecule has 0 saturated heterocycles. The van der Waals surface area contributed by atoms with E-state index in [9.17, 15) is 13.6 Å². The molecule has 1 unspecified atom stereocenters. The van der Waals surface area contributed by atoms with Crippen molar-refractivity contribution in [2.24, 2.45) is 4.99 Å². The van der Waals surface area contributed by atoms with Crippen molar-refractivity contribution >= 4 is 23.8 Å². The van der Waals surface area contributed by atoms with Crippen molar-refractivity contribution in [3.8, 4) is 16.9 Å². The van der Waals surface area contributed by atoms with E-state index in [1.165, 1.54) is 35.5 Å². The minimum atomic E-state index is -1.44. The maximum Gasteiger partial charge on any atom is 0.264 e. The van der Waals surface area contributed by atoms with Crippen LogP contribution in [-0.2, 0) is 16.8 Å². The van der Waals surface area contributed by atoms with Gasteiger partial charge in [-0.05, 0) is 73.7 Å². The van der Waals surface area contributed by atoms with E-state index in [1.54, 1.807) is 13.1 Å². The first kappa shape index (κ1) is 22.5. The summed E-state index contributed by atoms with van der Waals surface area (Å²) in [7, 11) is 1.61. The van der Waals surface area contributed by atoms with E-state index in [0.717, 1.165) is 30.4 Å². The minimum Gasteiger partial charge on any atom is -0.488 e. The van der Waals surface area contributed by atoms with Crippen molar-refractivity contribution in [2.45, 2.75) is 37.8 Å². The van der Waals surface area contributed by atoms with Crippen LogP contribution < -0.4 is 4.74 Å². The van der Waals surface area contributed by atoms with E-state index in [1.807, 2.05) is 26.0 Å². The monoisotopic (exact) mass is 481 g/mol. The summed E-state index contributed by atoms with van der Waals surface area (Å²) < 4.78 is 35.5. The van der Waals surface area contributed by atoms with Gasteiger partial charge in [0.05, 0.1) is 11.4 Å². The summed E-state index contributed by atoms with van der Waals surface area (Å²) in [4.78, 5) is 23.1. The molecule has 174 valence electrons. The number of fused-ring (bicyclic) bond motifs is 1. The number of benzene rings is 2. The number of aryl methyl sites for hydroxylation is 1. The smallest absolute Gasteiger partial charge is 0.264 e. The van der Waals surface area contributed by atoms with Gasteiger partial charge < -0.3 is 9.64 Å². The highest BCUT2D eigenvalue weighted by Crippen LogP contribution is 2.43. The molecule has 0 saturated carbocycles. The van der Waals surface area contributed by atoms with Crippen LogP contribution in [0.3, 0.4) is 0 Å². The topological polar surface area (TPSA) is 54.8 Å². The number of rotatable bonds is 3. The lowest BCUT2D eigenvalue weighted by Gasteiger charge is -2.34. The molecule has 1 atom stereocenters. The second-order valence-electron chi connectivity index (χ2n) is 9.24. The van der Waals surface area contributed by atoms with Crippen LogP contribution in [0.4, 0.5) is 8.78 Å². The van der Waals surface area contributed by atoms with Crippen LogP contribution >= 0.6 is 11.6 Å². The summed E-state index contributed by atoms with van der Waals surface area (Å²) in [5.74, 6) is -1.05. The van der Waals surface area contributed by atoms with E-state index in [4.69, 9.17) is 16.3 Å². The molecule has 2 aromatic carbocycles. The van der Waals surface area contributed by atoms with Crippen LogP contribution in [0.15, 0.2) is 53.7 Å². The van der Waals surface area contributed by atoms with Gasteiger partial charge in [0.2, 0.25) is 5.95 Å². The Labute approximate surface area is 201 Å². The molecular weight excluding hydrogens is 460 g/mol. The highest BCUT2D eigenvalue weighted by atomic mass is 35.5. The summed E-state index contributed by atoms with van der Waals surface area (Å²) in [6.07, 6.45) is 4.22. The number of carbonyl (C=O) groups excluding carboxylic acids is 1. The molecule has 1 amide bonds. The molecular formula is C26H22ClF2N3O2. The maximum atomic E-state index is 14.9. The molecule has 0 N–H and O–H groups in total. The van der Waals surface area contributed by atoms with Crippen molar-refractivity contribution in [3.05, 3.63) is 82.1 Å². The summed E-state index contributed by atoms with van der Waals surface area (Å²) >= 11 is 5.99. The zero-order valence-corrected chi connectivity index (χ0v) is 19.7. The van der Waals surface area contributed by atoms with Crippen LogP contribution in [0.5, 0.6) is 5.75 Å². The highest BCUT2D eigenvalue weighted by molar-refractivity contribution is 6.30. The number of aliphatic imine (C=N–C) groups is 1. The average Bonchev–Trinajstić information content (AvgIpc) is 3.10. The molecule has 0 aliphatic carbocycles. The fourth-order valence-corrected chi connectivity index (χ4v) is 4.71. The van der Waals surface area contributed by atoms with Crippen LogP contribution in [0.2, 0.25) is 5.02 Å². The van der Waals surface area contributed by atoms with E-state index >= 15 is 0 Å². The zero-order chi connectivity index (χ0) is 24.3. The van der Waals surface area contributed by atoms with E-state index in [2.05, 4.69) is 9.98 Å². The van der Waals surface area contributed by atoms with Gasteiger partial charge in [-0.3, -0.25) is 4.79 Å². The molecule has 5 nitrogen and oxygen atoms in total. The number of ether oxygens (including phenoxy) is 1. The second-order valence-corrected chi connectivity index (χ2v) is 9.68. The lowest BCUT2D eigenvalue weighted by Crippen LogP contribution is -2.39. The van der Waals surface area contributed by atoms with Gasteiger partial charge in [-0.2, -0.15) is 4.39 Å². The molecule has 3 heterocycles. The van der Waals surface area contributed by atoms with Crippen LogP contribution in [0, 0.1) is 11.8 Å². The number of likely N-dealkylation sites (N-methyl/N-ethyl adjacent to an activating group) is 1. The largest absolute Gasteiger partial charge is 0.488 e. The Balaban J connectivity index is 1.69. The zero-order valence-electron chi connectivity index (χ0n) is 18.9. The first-order chi connectivity index (χ1) is 16.1. The van der Waals surface area contributed by atoms with Gasteiger partial charge in [0.25, 0.3) is 5.91 Å². The van der Waals surface area contributed by atoms with Crippen LogP contribution in [-0.4, -0.2) is 34.8 Å². The molecule has 8 heteroatoms. The third kappa shape index (κ3) is 3.55. The number of halogens is 3. The van der Waals surface area contributed by atoms with Crippen LogP contribution in [0.25, 0.3) is 11.1 Å². The minimum absolute atomic E-state index is 0.0510. The lowest BCUT2D eigenvalue weighted by molar-refractivity contribution is -0.129. The van der Waals surface area contributed by atoms with Crippen molar-refractivity contribution < 1.29 is 18.3 Å². The van der Waals surface area contributed by atoms with Gasteiger partial charge >= 0.3 is 0 Å². The normalized spacial score (nSPS) is 20.9. The Morgan fingerprint density at radius 3 is 2.53 bits per heavy atom. The predicted octanol–water partition coefficient (Wildman–Crippen LogP) is 5.53. The average molecular weight is 482 g/mol. The molecule has 3 aromatic rings. The lowest BCUT2D eigenvalue weighted by atomic mass is 9.80. The number of pyridine rings is 1. The molecule has 0 spiro atoms. The third-order valence-electron chi connectivity index (χ3n) is 6.40. The summed E-state index contributed by atoms with van der Waals surface area (Å²) in [6, 6.07) is 11.0. The first-order valence-electron chi connectivity index (χ1n) is 10.9. The molecule has 0 radical (unpaired) electrons. The van der Waals surface area contributed by atoms with Gasteiger partial charge in [-0.25, -0.2) is 14.4 Å². The van der Waals surface area contributed by atoms with Crippen LogP contribution in [0.1, 0.15) is 37.0 Å². The van der Waals surface area contributed by atoms with E-state index in [-0.39, 0.29) is 27.7 Å². The quantitative estimate of drug-likeness (QED) is 0.462. The molecule has 0 fully saturated rings. The predicted molar refractivity (Wildman–Crippen MR) is 126 cm³/mol. The van der Waals surface area contributed by atoms with Gasteiger partial charge in [0, 0.05) is 24.4 Å². The second kappa shape index (κ2) is 7.87. The van der Waals surface area contributed by atoms with Crippen molar-refractivity contribution in [2.75, 3.05) is 7.05 Å². The fourth-order valence-electron chi connectivity index (χ4n) is 4.55. The van der Waals surface area contributed by atoms with E-state index in [0.29, 0.717) is 11.1 Å². The Hall–Kier alpha value is -3.32. The number of carbonyl (C=O) groups is 1. The Morgan fingerprint density at radius 2 is 1.79 bits per heavy atom. The molecule has 2 aliphatic rings. The van der Waals surface area contributed by atoms with Gasteiger partial charge in [0.1, 0.15) is 17.2 Å². The number of amides is 1. The van der Waals surface area contributed by atoms with Gasteiger partial charge in [-0.15, -0.1) is 0 Å². The molecule has 34 heavy (non-hydrogen) atoms. The SMILES string of the molecule is CN1C=NC(c2ccc3c(c2)CCC(C)(C)O3)(c2ccc(F)c(-c3cc(Cl)cnc3F)c2)C1=O. The molecule has 2 aliphatic heterocycles. The highest BCUT2D eigenvalue weighted by Gasteiger charge is 2.47. The number of hydrogen-bond donors (Lipinski definition) is 0. The van der Waals surface area contributed by atoms with Gasteiger partial charge in [0.15, 0.2) is 5.54 Å². The van der Waals surface area contributed by atoms with Crippen molar-refractivity contribution in [1.82, 2.24) is 9.88 Å². The standard InChI is InChI=1S/C26H22ClF2N3O2/c1-25(2)9-8-15-10-16(5-7-22(15)34-25)26(24(33)32(3)14-31-26)17-4-6-21(28)19(11-17)20-12-18(27)13-30-23(20)29/h4-7,10-14H,8-9H2,1-3H3. The Morgan fingerprint density at radius 1 is 1.06 bits per heavy atom. The molecule has 0 bridgehead atoms.